The van der Waals surface area contributed by atoms with Crippen molar-refractivity contribution in [3.05, 3.63) is 65.2 Å². The van der Waals surface area contributed by atoms with Gasteiger partial charge >= 0.3 is 0 Å². The normalized spacial score (nSPS) is 20.7. The Hall–Kier alpha value is -2.27. The van der Waals surface area contributed by atoms with Crippen molar-refractivity contribution < 1.29 is 14.3 Å². The third kappa shape index (κ3) is 3.56. The monoisotopic (exact) mass is 314 g/mol. The maximum Gasteiger partial charge on any atom is 0.227 e. The fourth-order valence-corrected chi connectivity index (χ4v) is 2.97. The van der Waals surface area contributed by atoms with Gasteiger partial charge in [-0.3, -0.25) is 9.78 Å². The minimum atomic E-state index is -0.551. The van der Waals surface area contributed by atoms with Crippen LogP contribution in [0.1, 0.15) is 29.3 Å². The number of rotatable bonds is 3. The minimum Gasteiger partial charge on any atom is -0.391 e. The number of pyridine rings is 1. The van der Waals surface area contributed by atoms with Crippen molar-refractivity contribution in [1.82, 2.24) is 9.88 Å². The number of amides is 1. The molecule has 5 heteroatoms. The number of aliphatic hydroxyl groups is 1. The van der Waals surface area contributed by atoms with E-state index in [-0.39, 0.29) is 24.2 Å². The van der Waals surface area contributed by atoms with Gasteiger partial charge in [-0.2, -0.15) is 0 Å². The van der Waals surface area contributed by atoms with Gasteiger partial charge in [0.2, 0.25) is 5.91 Å². The molecular weight excluding hydrogens is 295 g/mol. The lowest BCUT2D eigenvalue weighted by atomic mass is 10.0. The third-order valence-electron chi connectivity index (χ3n) is 4.18. The molecule has 1 aromatic heterocycles. The van der Waals surface area contributed by atoms with Crippen molar-refractivity contribution in [3.63, 3.8) is 0 Å². The molecule has 1 amide bonds. The van der Waals surface area contributed by atoms with Crippen LogP contribution in [0.15, 0.2) is 42.6 Å². The molecule has 0 radical (unpaired) electrons. The van der Waals surface area contributed by atoms with Crippen LogP contribution in [0.25, 0.3) is 0 Å². The standard InChI is InChI=1S/C18H19FN2O2/c1-12-2-3-13(10-20-12)8-18(23)21-11-16(22)9-17(21)14-4-6-15(19)7-5-14/h2-7,10,16-17,22H,8-9,11H2,1H3/t16-,17+/m1/s1. The largest absolute Gasteiger partial charge is 0.391 e. The van der Waals surface area contributed by atoms with Crippen molar-refractivity contribution in [3.8, 4) is 0 Å². The second-order valence-corrected chi connectivity index (χ2v) is 5.99. The van der Waals surface area contributed by atoms with E-state index in [0.717, 1.165) is 16.8 Å². The first-order valence-corrected chi connectivity index (χ1v) is 7.67. The number of hydrogen-bond donors (Lipinski definition) is 1. The van der Waals surface area contributed by atoms with Crippen LogP contribution in [0.3, 0.4) is 0 Å². The van der Waals surface area contributed by atoms with Crippen molar-refractivity contribution >= 4 is 5.91 Å². The molecule has 1 aliphatic rings. The smallest absolute Gasteiger partial charge is 0.227 e. The Balaban J connectivity index is 1.77. The van der Waals surface area contributed by atoms with E-state index in [0.29, 0.717) is 13.0 Å². The lowest BCUT2D eigenvalue weighted by molar-refractivity contribution is -0.131. The van der Waals surface area contributed by atoms with E-state index in [1.807, 2.05) is 19.1 Å². The van der Waals surface area contributed by atoms with E-state index in [2.05, 4.69) is 4.98 Å². The summed E-state index contributed by atoms with van der Waals surface area (Å²) in [5.41, 5.74) is 2.60. The van der Waals surface area contributed by atoms with Crippen LogP contribution in [0, 0.1) is 12.7 Å². The van der Waals surface area contributed by atoms with Gasteiger partial charge in [-0.1, -0.05) is 18.2 Å². The molecular formula is C18H19FN2O2. The summed E-state index contributed by atoms with van der Waals surface area (Å²) in [6.45, 7) is 2.20. The zero-order valence-corrected chi connectivity index (χ0v) is 12.9. The number of aryl methyl sites for hydroxylation is 1. The molecule has 2 heterocycles. The van der Waals surface area contributed by atoms with Gasteiger partial charge in [0.25, 0.3) is 0 Å². The number of likely N-dealkylation sites (tertiary alicyclic amines) is 1. The molecule has 4 nitrogen and oxygen atoms in total. The highest BCUT2D eigenvalue weighted by atomic mass is 19.1. The zero-order valence-electron chi connectivity index (χ0n) is 12.9. The molecule has 1 aliphatic heterocycles. The van der Waals surface area contributed by atoms with E-state index in [1.165, 1.54) is 12.1 Å². The van der Waals surface area contributed by atoms with Crippen LogP contribution < -0.4 is 0 Å². The van der Waals surface area contributed by atoms with Crippen LogP contribution >= 0.6 is 0 Å². The van der Waals surface area contributed by atoms with Crippen molar-refractivity contribution in [2.45, 2.75) is 31.9 Å². The topological polar surface area (TPSA) is 53.4 Å². The first-order chi connectivity index (χ1) is 11.0. The molecule has 0 saturated carbocycles. The molecule has 1 N–H and O–H groups in total. The Morgan fingerprint density at radius 1 is 1.30 bits per heavy atom. The molecule has 2 atom stereocenters. The molecule has 3 rings (SSSR count). The fourth-order valence-electron chi connectivity index (χ4n) is 2.97. The highest BCUT2D eigenvalue weighted by molar-refractivity contribution is 5.79. The Labute approximate surface area is 134 Å². The molecule has 0 unspecified atom stereocenters. The number of carbonyl (C=O) groups is 1. The highest BCUT2D eigenvalue weighted by Gasteiger charge is 2.35. The van der Waals surface area contributed by atoms with Crippen LogP contribution in [0.4, 0.5) is 4.39 Å². The molecule has 1 fully saturated rings. The Morgan fingerprint density at radius 2 is 2.04 bits per heavy atom. The summed E-state index contributed by atoms with van der Waals surface area (Å²) >= 11 is 0. The highest BCUT2D eigenvalue weighted by Crippen LogP contribution is 2.32. The molecule has 2 aromatic rings. The molecule has 0 spiro atoms. The van der Waals surface area contributed by atoms with Crippen molar-refractivity contribution in [2.24, 2.45) is 0 Å². The fraction of sp³-hybridized carbons (Fsp3) is 0.333. The lowest BCUT2D eigenvalue weighted by Gasteiger charge is -2.25. The van der Waals surface area contributed by atoms with E-state index in [1.54, 1.807) is 23.2 Å². The number of nitrogens with zero attached hydrogens (tertiary/aromatic N) is 2. The van der Waals surface area contributed by atoms with Crippen LogP contribution in [-0.4, -0.2) is 33.5 Å². The Morgan fingerprint density at radius 3 is 2.70 bits per heavy atom. The number of carbonyl (C=O) groups excluding carboxylic acids is 1. The average molecular weight is 314 g/mol. The van der Waals surface area contributed by atoms with Crippen LogP contribution in [0.2, 0.25) is 0 Å². The SMILES string of the molecule is Cc1ccc(CC(=O)N2C[C@H](O)C[C@H]2c2ccc(F)cc2)cn1. The molecule has 1 aromatic carbocycles. The predicted molar refractivity (Wildman–Crippen MR) is 84.2 cm³/mol. The van der Waals surface area contributed by atoms with Gasteiger partial charge < -0.3 is 10.0 Å². The summed E-state index contributed by atoms with van der Waals surface area (Å²) in [4.78, 5) is 18.5. The number of aliphatic hydroxyl groups excluding tert-OH is 1. The van der Waals surface area contributed by atoms with E-state index in [9.17, 15) is 14.3 Å². The maximum absolute atomic E-state index is 13.1. The summed E-state index contributed by atoms with van der Waals surface area (Å²) in [6, 6.07) is 9.66. The van der Waals surface area contributed by atoms with E-state index < -0.39 is 6.10 Å². The maximum atomic E-state index is 13.1. The summed E-state index contributed by atoms with van der Waals surface area (Å²) < 4.78 is 13.1. The van der Waals surface area contributed by atoms with Gasteiger partial charge in [0.05, 0.1) is 18.6 Å². The van der Waals surface area contributed by atoms with Crippen LogP contribution in [0.5, 0.6) is 0 Å². The molecule has 1 saturated heterocycles. The first kappa shape index (κ1) is 15.6. The summed E-state index contributed by atoms with van der Waals surface area (Å²) in [7, 11) is 0. The number of aromatic nitrogens is 1. The van der Waals surface area contributed by atoms with Gasteiger partial charge in [0, 0.05) is 18.4 Å². The molecule has 0 bridgehead atoms. The van der Waals surface area contributed by atoms with Gasteiger partial charge in [0.1, 0.15) is 5.82 Å². The number of hydrogen-bond acceptors (Lipinski definition) is 3. The average Bonchev–Trinajstić information content (AvgIpc) is 2.92. The second kappa shape index (κ2) is 6.46. The quantitative estimate of drug-likeness (QED) is 0.946. The molecule has 120 valence electrons. The number of halogens is 1. The van der Waals surface area contributed by atoms with Gasteiger partial charge in [-0.05, 0) is 42.7 Å². The molecule has 0 aliphatic carbocycles. The molecule has 23 heavy (non-hydrogen) atoms. The summed E-state index contributed by atoms with van der Waals surface area (Å²) in [5, 5.41) is 9.96. The van der Waals surface area contributed by atoms with E-state index >= 15 is 0 Å². The van der Waals surface area contributed by atoms with Crippen LogP contribution in [-0.2, 0) is 11.2 Å². The van der Waals surface area contributed by atoms with Gasteiger partial charge in [0.15, 0.2) is 0 Å². The van der Waals surface area contributed by atoms with Crippen molar-refractivity contribution in [1.29, 1.82) is 0 Å². The minimum absolute atomic E-state index is 0.0541. The van der Waals surface area contributed by atoms with Crippen molar-refractivity contribution in [2.75, 3.05) is 6.54 Å². The summed E-state index contributed by atoms with van der Waals surface area (Å²) in [6.07, 6.45) is 1.87. The zero-order chi connectivity index (χ0) is 16.4. The van der Waals surface area contributed by atoms with Gasteiger partial charge in [-0.25, -0.2) is 4.39 Å². The predicted octanol–water partition coefficient (Wildman–Crippen LogP) is 2.41. The third-order valence-corrected chi connectivity index (χ3v) is 4.18. The number of β-amino-alcohol motifs (C(OH)–C–C–N with tert-alkyl or cyclic N) is 1. The lowest BCUT2D eigenvalue weighted by Crippen LogP contribution is -2.33. The van der Waals surface area contributed by atoms with E-state index in [4.69, 9.17) is 0 Å². The summed E-state index contributed by atoms with van der Waals surface area (Å²) in [5.74, 6) is -0.363. The first-order valence-electron chi connectivity index (χ1n) is 7.67. The Bertz CT molecular complexity index is 685. The second-order valence-electron chi connectivity index (χ2n) is 5.99. The Kier molecular flexibility index (Phi) is 4.39. The number of benzene rings is 1. The van der Waals surface area contributed by atoms with Gasteiger partial charge in [-0.15, -0.1) is 0 Å².